The second-order valence-corrected chi connectivity index (χ2v) is 8.06. The van der Waals surface area contributed by atoms with Crippen LogP contribution >= 0.6 is 0 Å². The van der Waals surface area contributed by atoms with Crippen LogP contribution < -0.4 is 14.6 Å². The molecule has 7 nitrogen and oxygen atoms in total. The molecule has 0 saturated carbocycles. The second kappa shape index (κ2) is 6.34. The van der Waals surface area contributed by atoms with Crippen LogP contribution in [0.4, 0.5) is 14.5 Å². The van der Waals surface area contributed by atoms with Crippen LogP contribution in [0.15, 0.2) is 41.3 Å². The Hall–Kier alpha value is -2.24. The van der Waals surface area contributed by atoms with E-state index in [0.717, 1.165) is 36.6 Å². The fourth-order valence-electron chi connectivity index (χ4n) is 1.72. The first-order valence-electron chi connectivity index (χ1n) is 6.23. The van der Waals surface area contributed by atoms with Crippen molar-refractivity contribution in [3.63, 3.8) is 0 Å². The maximum atomic E-state index is 13.7. The van der Waals surface area contributed by atoms with Gasteiger partial charge in [0.1, 0.15) is 5.82 Å². The van der Waals surface area contributed by atoms with Gasteiger partial charge in [0, 0.05) is 12.1 Å². The van der Waals surface area contributed by atoms with E-state index in [2.05, 4.69) is 4.72 Å². The third kappa shape index (κ3) is 4.63. The first-order chi connectivity index (χ1) is 11.0. The van der Waals surface area contributed by atoms with E-state index in [1.807, 2.05) is 0 Å². The summed E-state index contributed by atoms with van der Waals surface area (Å²) in [5.74, 6) is -2.65. The SMILES string of the molecule is CS(=O)(=O)Nc1ccc(S(N)(=O)=O)cc1Oc1ccc(F)cc1F. The van der Waals surface area contributed by atoms with Crippen molar-refractivity contribution in [2.24, 2.45) is 5.14 Å². The predicted octanol–water partition coefficient (Wildman–Crippen LogP) is 1.78. The molecule has 2 aromatic carbocycles. The molecule has 0 atom stereocenters. The second-order valence-electron chi connectivity index (χ2n) is 4.75. The van der Waals surface area contributed by atoms with Gasteiger partial charge in [-0.2, -0.15) is 0 Å². The zero-order valence-electron chi connectivity index (χ0n) is 12.2. The fourth-order valence-corrected chi connectivity index (χ4v) is 2.82. The van der Waals surface area contributed by atoms with Crippen molar-refractivity contribution in [2.45, 2.75) is 4.90 Å². The molecule has 0 spiro atoms. The van der Waals surface area contributed by atoms with Crippen molar-refractivity contribution >= 4 is 25.7 Å². The van der Waals surface area contributed by atoms with E-state index < -0.39 is 37.4 Å². The van der Waals surface area contributed by atoms with Gasteiger partial charge in [0.25, 0.3) is 0 Å². The number of primary sulfonamides is 1. The van der Waals surface area contributed by atoms with Crippen LogP contribution in [0.2, 0.25) is 0 Å². The number of hydrogen-bond donors (Lipinski definition) is 2. The number of nitrogens with two attached hydrogens (primary N) is 1. The van der Waals surface area contributed by atoms with Gasteiger partial charge in [-0.05, 0) is 24.3 Å². The van der Waals surface area contributed by atoms with Gasteiger partial charge < -0.3 is 4.74 Å². The van der Waals surface area contributed by atoms with Gasteiger partial charge in [-0.15, -0.1) is 0 Å². The molecule has 0 aliphatic carbocycles. The van der Waals surface area contributed by atoms with Crippen molar-refractivity contribution in [1.82, 2.24) is 0 Å². The summed E-state index contributed by atoms with van der Waals surface area (Å²) in [7, 11) is -7.83. The van der Waals surface area contributed by atoms with E-state index in [-0.39, 0.29) is 16.3 Å². The van der Waals surface area contributed by atoms with Crippen LogP contribution in [0.25, 0.3) is 0 Å². The number of anilines is 1. The van der Waals surface area contributed by atoms with Gasteiger partial charge >= 0.3 is 0 Å². The Kier molecular flexibility index (Phi) is 4.78. The average Bonchev–Trinajstić information content (AvgIpc) is 2.40. The highest BCUT2D eigenvalue weighted by molar-refractivity contribution is 7.92. The summed E-state index contributed by atoms with van der Waals surface area (Å²) in [4.78, 5) is -0.376. The Bertz CT molecular complexity index is 991. The number of rotatable bonds is 5. The minimum atomic E-state index is -4.11. The molecule has 0 aliphatic heterocycles. The van der Waals surface area contributed by atoms with Crippen LogP contribution in [0.1, 0.15) is 0 Å². The lowest BCUT2D eigenvalue weighted by Crippen LogP contribution is -2.14. The van der Waals surface area contributed by atoms with E-state index in [4.69, 9.17) is 9.88 Å². The Labute approximate surface area is 137 Å². The van der Waals surface area contributed by atoms with E-state index in [0.29, 0.717) is 6.07 Å². The zero-order valence-corrected chi connectivity index (χ0v) is 13.8. The molecule has 0 bridgehead atoms. The topological polar surface area (TPSA) is 116 Å². The molecule has 2 rings (SSSR count). The molecule has 0 heterocycles. The van der Waals surface area contributed by atoms with Gasteiger partial charge in [-0.1, -0.05) is 0 Å². The van der Waals surface area contributed by atoms with Gasteiger partial charge in [-0.25, -0.2) is 30.8 Å². The van der Waals surface area contributed by atoms with Crippen molar-refractivity contribution in [3.05, 3.63) is 48.0 Å². The minimum absolute atomic E-state index is 0.145. The Morgan fingerprint density at radius 1 is 1.00 bits per heavy atom. The summed E-state index contributed by atoms with van der Waals surface area (Å²) in [6, 6.07) is 5.52. The number of benzene rings is 2. The van der Waals surface area contributed by atoms with E-state index in [9.17, 15) is 25.6 Å². The summed E-state index contributed by atoms with van der Waals surface area (Å²) in [6.07, 6.45) is 0.864. The van der Waals surface area contributed by atoms with Crippen LogP contribution in [-0.2, 0) is 20.0 Å². The molecule has 24 heavy (non-hydrogen) atoms. The third-order valence-electron chi connectivity index (χ3n) is 2.69. The summed E-state index contributed by atoms with van der Waals surface area (Å²) < 4.78 is 79.4. The molecule has 0 unspecified atom stereocenters. The van der Waals surface area contributed by atoms with E-state index in [1.165, 1.54) is 0 Å². The number of halogens is 2. The summed E-state index contributed by atoms with van der Waals surface area (Å²) in [5, 5.41) is 5.00. The normalized spacial score (nSPS) is 12.0. The standard InChI is InChI=1S/C13H12F2N2O5S2/c1-23(18,19)17-11-4-3-9(24(16,20)21)7-13(11)22-12-5-2-8(14)6-10(12)15/h2-7,17H,1H3,(H2,16,20,21). The van der Waals surface area contributed by atoms with Crippen LogP contribution in [-0.4, -0.2) is 23.1 Å². The van der Waals surface area contributed by atoms with Gasteiger partial charge in [-0.3, -0.25) is 4.72 Å². The van der Waals surface area contributed by atoms with Crippen LogP contribution in [0, 0.1) is 11.6 Å². The molecule has 0 amide bonds. The van der Waals surface area contributed by atoms with Crippen molar-refractivity contribution in [2.75, 3.05) is 11.0 Å². The van der Waals surface area contributed by atoms with E-state index in [1.54, 1.807) is 0 Å². The first kappa shape index (κ1) is 18.1. The molecule has 3 N–H and O–H groups in total. The van der Waals surface area contributed by atoms with Crippen LogP contribution in [0.3, 0.4) is 0 Å². The third-order valence-corrected chi connectivity index (χ3v) is 4.19. The molecule has 11 heteroatoms. The lowest BCUT2D eigenvalue weighted by Gasteiger charge is -2.13. The average molecular weight is 378 g/mol. The lowest BCUT2D eigenvalue weighted by atomic mass is 10.3. The highest BCUT2D eigenvalue weighted by Crippen LogP contribution is 2.33. The number of ether oxygens (including phenoxy) is 1. The molecule has 130 valence electrons. The van der Waals surface area contributed by atoms with E-state index >= 15 is 0 Å². The summed E-state index contributed by atoms with van der Waals surface area (Å²) >= 11 is 0. The molecule has 0 saturated heterocycles. The molecular formula is C13H12F2N2O5S2. The lowest BCUT2D eigenvalue weighted by molar-refractivity contribution is 0.438. The largest absolute Gasteiger partial charge is 0.452 e. The molecule has 0 aliphatic rings. The maximum absolute atomic E-state index is 13.7. The summed E-state index contributed by atoms with van der Waals surface area (Å²) in [6.45, 7) is 0. The molecule has 0 fully saturated rings. The monoisotopic (exact) mass is 378 g/mol. The van der Waals surface area contributed by atoms with Crippen molar-refractivity contribution in [3.8, 4) is 11.5 Å². The Morgan fingerprint density at radius 2 is 1.67 bits per heavy atom. The summed E-state index contributed by atoms with van der Waals surface area (Å²) in [5.41, 5.74) is -0.145. The maximum Gasteiger partial charge on any atom is 0.238 e. The number of hydrogen-bond acceptors (Lipinski definition) is 5. The smallest absolute Gasteiger partial charge is 0.238 e. The highest BCUT2D eigenvalue weighted by Gasteiger charge is 2.17. The van der Waals surface area contributed by atoms with Gasteiger partial charge in [0.2, 0.25) is 20.0 Å². The highest BCUT2D eigenvalue weighted by atomic mass is 32.2. The Balaban J connectivity index is 2.54. The van der Waals surface area contributed by atoms with Gasteiger partial charge in [0.15, 0.2) is 17.3 Å². The molecule has 2 aromatic rings. The quantitative estimate of drug-likeness (QED) is 0.823. The molecular weight excluding hydrogens is 366 g/mol. The van der Waals surface area contributed by atoms with Crippen molar-refractivity contribution < 1.29 is 30.4 Å². The van der Waals surface area contributed by atoms with Crippen molar-refractivity contribution in [1.29, 1.82) is 0 Å². The fraction of sp³-hybridized carbons (Fsp3) is 0.0769. The first-order valence-corrected chi connectivity index (χ1v) is 9.67. The van der Waals surface area contributed by atoms with Gasteiger partial charge in [0.05, 0.1) is 16.8 Å². The zero-order chi connectivity index (χ0) is 18.1. The molecule has 0 aromatic heterocycles. The number of sulfonamides is 2. The predicted molar refractivity (Wildman–Crippen MR) is 82.7 cm³/mol. The minimum Gasteiger partial charge on any atom is -0.452 e. The molecule has 0 radical (unpaired) electrons. The van der Waals surface area contributed by atoms with Crippen LogP contribution in [0.5, 0.6) is 11.5 Å². The Morgan fingerprint density at radius 3 is 2.21 bits per heavy atom. The number of nitrogens with one attached hydrogen (secondary N) is 1.